The average Bonchev–Trinajstić information content (AvgIpc) is 3.30. The minimum absolute atomic E-state index is 0.188. The number of aromatic nitrogens is 2. The van der Waals surface area contributed by atoms with E-state index in [1.165, 1.54) is 24.3 Å². The summed E-state index contributed by atoms with van der Waals surface area (Å²) in [6.45, 7) is 0. The molecule has 0 spiro atoms. The summed E-state index contributed by atoms with van der Waals surface area (Å²) in [6, 6.07) is 11.3. The number of fused-ring (bicyclic) bond motifs is 1. The maximum Gasteiger partial charge on any atom is 0.244 e. The third-order valence-corrected chi connectivity index (χ3v) is 7.57. The highest BCUT2D eigenvalue weighted by atomic mass is 35.5. The third-order valence-electron chi connectivity index (χ3n) is 5.46. The van der Waals surface area contributed by atoms with Crippen molar-refractivity contribution in [1.82, 2.24) is 14.5 Å². The van der Waals surface area contributed by atoms with Crippen molar-refractivity contribution in [3.05, 3.63) is 82.4 Å². The first-order chi connectivity index (χ1) is 13.5. The van der Waals surface area contributed by atoms with Crippen LogP contribution in [0, 0.1) is 11.7 Å². The van der Waals surface area contributed by atoms with E-state index >= 15 is 0 Å². The molecule has 0 saturated heterocycles. The van der Waals surface area contributed by atoms with Crippen LogP contribution in [0.5, 0.6) is 0 Å². The van der Waals surface area contributed by atoms with Crippen LogP contribution in [0.1, 0.15) is 41.7 Å². The van der Waals surface area contributed by atoms with Crippen molar-refractivity contribution in [3.8, 4) is 0 Å². The first-order valence-electron chi connectivity index (χ1n) is 9.04. The fraction of sp³-hybridized carbons (Fsp3) is 0.250. The van der Waals surface area contributed by atoms with Crippen LogP contribution >= 0.6 is 11.6 Å². The summed E-state index contributed by atoms with van der Waals surface area (Å²) < 4.78 is 42.4. The van der Waals surface area contributed by atoms with Gasteiger partial charge in [0.25, 0.3) is 0 Å². The van der Waals surface area contributed by atoms with Crippen molar-refractivity contribution in [2.75, 3.05) is 0 Å². The molecule has 1 aromatic heterocycles. The van der Waals surface area contributed by atoms with E-state index in [2.05, 4.69) is 10.2 Å². The monoisotopic (exact) mass is 417 g/mol. The number of H-pyrrole nitrogens is 1. The average molecular weight is 418 g/mol. The van der Waals surface area contributed by atoms with Gasteiger partial charge in [0, 0.05) is 10.6 Å². The molecule has 5 nitrogen and oxygen atoms in total. The number of halogens is 2. The van der Waals surface area contributed by atoms with Gasteiger partial charge in [0.2, 0.25) is 10.0 Å². The largest absolute Gasteiger partial charge is 0.281 e. The Balaban J connectivity index is 1.69. The van der Waals surface area contributed by atoms with Crippen molar-refractivity contribution >= 4 is 21.6 Å². The molecule has 0 bridgehead atoms. The lowest BCUT2D eigenvalue weighted by Crippen LogP contribution is -2.35. The minimum atomic E-state index is -3.82. The number of nitrogens with one attached hydrogen (secondary N) is 1. The molecule has 2 atom stereocenters. The van der Waals surface area contributed by atoms with Gasteiger partial charge in [0.15, 0.2) is 0 Å². The molecule has 2 aliphatic rings. The summed E-state index contributed by atoms with van der Waals surface area (Å²) in [5.74, 6) is -0.119. The first kappa shape index (κ1) is 17.8. The van der Waals surface area contributed by atoms with Crippen molar-refractivity contribution in [1.29, 1.82) is 0 Å². The Labute approximate surface area is 167 Å². The molecule has 1 N–H and O–H groups in total. The standard InChI is InChI=1S/C20H17ClFN3O2S/c21-14-5-9-16(10-6-14)28(26,27)25-19(12-3-7-15(22)8-4-12)17-11-23-24-18(17)20(25)13-1-2-13/h3-11,13,19-20H,1-2H2,(H,23,24). The van der Waals surface area contributed by atoms with Crippen molar-refractivity contribution in [2.24, 2.45) is 5.92 Å². The minimum Gasteiger partial charge on any atom is -0.281 e. The van der Waals surface area contributed by atoms with Crippen LogP contribution in [0.4, 0.5) is 4.39 Å². The molecule has 0 radical (unpaired) electrons. The SMILES string of the molecule is O=S(=O)(c1ccc(Cl)cc1)N1C(c2ccc(F)cc2)c2cn[nH]c2C1C1CC1. The summed E-state index contributed by atoms with van der Waals surface area (Å²) in [6.07, 6.45) is 3.61. The van der Waals surface area contributed by atoms with Gasteiger partial charge in [-0.1, -0.05) is 23.7 Å². The Hall–Kier alpha value is -2.22. The summed E-state index contributed by atoms with van der Waals surface area (Å²) in [5, 5.41) is 7.65. The zero-order chi connectivity index (χ0) is 19.5. The van der Waals surface area contributed by atoms with Gasteiger partial charge in [0.05, 0.1) is 28.9 Å². The number of hydrogen-bond acceptors (Lipinski definition) is 3. The Morgan fingerprint density at radius 3 is 2.39 bits per heavy atom. The molecule has 1 saturated carbocycles. The van der Waals surface area contributed by atoms with Gasteiger partial charge in [0.1, 0.15) is 5.82 Å². The lowest BCUT2D eigenvalue weighted by Gasteiger charge is -2.30. The molecule has 144 valence electrons. The van der Waals surface area contributed by atoms with Gasteiger partial charge in [-0.15, -0.1) is 0 Å². The summed E-state index contributed by atoms with van der Waals surface area (Å²) in [5.41, 5.74) is 2.36. The van der Waals surface area contributed by atoms with E-state index in [9.17, 15) is 12.8 Å². The zero-order valence-corrected chi connectivity index (χ0v) is 16.3. The van der Waals surface area contributed by atoms with Crippen LogP contribution in [-0.2, 0) is 10.0 Å². The first-order valence-corrected chi connectivity index (χ1v) is 10.9. The van der Waals surface area contributed by atoms with Crippen LogP contribution < -0.4 is 0 Å². The van der Waals surface area contributed by atoms with E-state index in [-0.39, 0.29) is 22.7 Å². The lowest BCUT2D eigenvalue weighted by atomic mass is 10.0. The summed E-state index contributed by atoms with van der Waals surface area (Å²) >= 11 is 5.95. The lowest BCUT2D eigenvalue weighted by molar-refractivity contribution is 0.284. The molecular formula is C20H17ClFN3O2S. The summed E-state index contributed by atoms with van der Waals surface area (Å²) in [4.78, 5) is 0.188. The molecule has 3 aromatic rings. The van der Waals surface area contributed by atoms with Crippen LogP contribution in [-0.4, -0.2) is 22.9 Å². The second-order valence-corrected chi connectivity index (χ2v) is 9.54. The Kier molecular flexibility index (Phi) is 4.08. The zero-order valence-electron chi connectivity index (χ0n) is 14.7. The number of aromatic amines is 1. The second-order valence-electron chi connectivity index (χ2n) is 7.26. The quantitative estimate of drug-likeness (QED) is 0.682. The van der Waals surface area contributed by atoms with Crippen LogP contribution in [0.15, 0.2) is 59.6 Å². The number of sulfonamides is 1. The van der Waals surface area contributed by atoms with Gasteiger partial charge in [-0.3, -0.25) is 5.10 Å². The molecule has 1 aliphatic heterocycles. The highest BCUT2D eigenvalue weighted by molar-refractivity contribution is 7.89. The van der Waals surface area contributed by atoms with E-state index in [4.69, 9.17) is 11.6 Å². The number of nitrogens with zero attached hydrogens (tertiary/aromatic N) is 2. The molecular weight excluding hydrogens is 401 g/mol. The molecule has 2 unspecified atom stereocenters. The van der Waals surface area contributed by atoms with E-state index < -0.39 is 16.1 Å². The smallest absolute Gasteiger partial charge is 0.244 e. The Bertz CT molecular complexity index is 1130. The fourth-order valence-corrected chi connectivity index (χ4v) is 5.97. The number of benzene rings is 2. The van der Waals surface area contributed by atoms with E-state index in [1.807, 2.05) is 0 Å². The Morgan fingerprint density at radius 2 is 1.75 bits per heavy atom. The van der Waals surface area contributed by atoms with E-state index in [0.29, 0.717) is 10.6 Å². The molecule has 1 aliphatic carbocycles. The molecule has 5 rings (SSSR count). The van der Waals surface area contributed by atoms with E-state index in [0.717, 1.165) is 24.1 Å². The third kappa shape index (κ3) is 2.77. The van der Waals surface area contributed by atoms with Crippen molar-refractivity contribution < 1.29 is 12.8 Å². The number of rotatable bonds is 4. The van der Waals surface area contributed by atoms with Gasteiger partial charge in [-0.05, 0) is 60.7 Å². The van der Waals surface area contributed by atoms with Crippen LogP contribution in [0.3, 0.4) is 0 Å². The molecule has 2 heterocycles. The fourth-order valence-electron chi connectivity index (χ4n) is 4.03. The summed E-state index contributed by atoms with van der Waals surface area (Å²) in [7, 11) is -3.82. The molecule has 1 fully saturated rings. The predicted molar refractivity (Wildman–Crippen MR) is 103 cm³/mol. The second kappa shape index (κ2) is 6.40. The maximum atomic E-state index is 13.7. The highest BCUT2D eigenvalue weighted by Crippen LogP contribution is 2.56. The van der Waals surface area contributed by atoms with Gasteiger partial charge < -0.3 is 0 Å². The van der Waals surface area contributed by atoms with Gasteiger partial charge in [-0.2, -0.15) is 9.40 Å². The van der Waals surface area contributed by atoms with Crippen LogP contribution in [0.25, 0.3) is 0 Å². The maximum absolute atomic E-state index is 13.7. The Morgan fingerprint density at radius 1 is 1.07 bits per heavy atom. The van der Waals surface area contributed by atoms with Crippen molar-refractivity contribution in [3.63, 3.8) is 0 Å². The van der Waals surface area contributed by atoms with Crippen molar-refractivity contribution in [2.45, 2.75) is 29.8 Å². The highest BCUT2D eigenvalue weighted by Gasteiger charge is 2.53. The molecule has 2 aromatic carbocycles. The normalized spacial score (nSPS) is 22.4. The topological polar surface area (TPSA) is 66.1 Å². The number of hydrogen-bond donors (Lipinski definition) is 1. The van der Waals surface area contributed by atoms with E-state index in [1.54, 1.807) is 34.8 Å². The molecule has 8 heteroatoms. The predicted octanol–water partition coefficient (Wildman–Crippen LogP) is 4.45. The molecule has 28 heavy (non-hydrogen) atoms. The molecule has 0 amide bonds. The van der Waals surface area contributed by atoms with Crippen LogP contribution in [0.2, 0.25) is 5.02 Å². The van der Waals surface area contributed by atoms with Gasteiger partial charge >= 0.3 is 0 Å². The van der Waals surface area contributed by atoms with Gasteiger partial charge in [-0.25, -0.2) is 12.8 Å².